The number of carbonyl (C=O) groups is 4. The normalized spacial score (nSPS) is 26.8. The lowest BCUT2D eigenvalue weighted by Gasteiger charge is -2.39. The predicted molar refractivity (Wildman–Crippen MR) is 72.8 cm³/mol. The fraction of sp³-hybridized carbons (Fsp3) is 0.714. The van der Waals surface area contributed by atoms with E-state index >= 15 is 0 Å². The van der Waals surface area contributed by atoms with Crippen LogP contribution >= 0.6 is 0 Å². The second-order valence-corrected chi connectivity index (χ2v) is 4.99. The van der Waals surface area contributed by atoms with Crippen LogP contribution in [-0.2, 0) is 42.9 Å². The summed E-state index contributed by atoms with van der Waals surface area (Å²) >= 11 is 0. The Morgan fingerprint density at radius 1 is 0.826 bits per heavy atom. The number of ether oxygens (including phenoxy) is 5. The lowest BCUT2D eigenvalue weighted by Crippen LogP contribution is -2.53. The van der Waals surface area contributed by atoms with Gasteiger partial charge < -0.3 is 23.7 Å². The molecule has 0 bridgehead atoms. The molecule has 1 aliphatic rings. The minimum absolute atomic E-state index is 0.0447. The van der Waals surface area contributed by atoms with Crippen molar-refractivity contribution in [3.05, 3.63) is 0 Å². The topological polar surface area (TPSA) is 114 Å². The van der Waals surface area contributed by atoms with Crippen LogP contribution in [-0.4, -0.2) is 55.1 Å². The summed E-state index contributed by atoms with van der Waals surface area (Å²) in [6, 6.07) is 0. The first kappa shape index (κ1) is 18.9. The Balaban J connectivity index is 2.89. The molecule has 130 valence electrons. The summed E-state index contributed by atoms with van der Waals surface area (Å²) in [5.74, 6) is -2.35. The van der Waals surface area contributed by atoms with Crippen LogP contribution in [0.5, 0.6) is 0 Å². The van der Waals surface area contributed by atoms with E-state index < -0.39 is 48.5 Å². The predicted octanol–water partition coefficient (Wildman–Crippen LogP) is 0.0910. The van der Waals surface area contributed by atoms with Gasteiger partial charge in [-0.2, -0.15) is 0 Å². The second kappa shape index (κ2) is 8.47. The van der Waals surface area contributed by atoms with E-state index in [0.717, 1.165) is 0 Å². The number of rotatable bonds is 5. The Bertz CT molecular complexity index is 473. The zero-order chi connectivity index (χ0) is 17.6. The lowest BCUT2D eigenvalue weighted by atomic mass is 10.0. The van der Waals surface area contributed by atoms with Gasteiger partial charge in [0.2, 0.25) is 6.29 Å². The molecule has 0 saturated carbocycles. The highest BCUT2D eigenvalue weighted by Crippen LogP contribution is 2.26. The van der Waals surface area contributed by atoms with E-state index in [4.69, 9.17) is 23.7 Å². The maximum absolute atomic E-state index is 11.2. The summed E-state index contributed by atoms with van der Waals surface area (Å²) in [5.41, 5.74) is 0. The lowest BCUT2D eigenvalue weighted by molar-refractivity contribution is -0.270. The average Bonchev–Trinajstić information content (AvgIpc) is 2.38. The molecular weight excluding hydrogens is 312 g/mol. The van der Waals surface area contributed by atoms with Crippen molar-refractivity contribution in [2.45, 2.75) is 58.7 Å². The molecule has 1 aliphatic heterocycles. The van der Waals surface area contributed by atoms with Crippen molar-refractivity contribution in [3.8, 4) is 0 Å². The molecule has 0 spiro atoms. The van der Waals surface area contributed by atoms with Crippen LogP contribution < -0.4 is 0 Å². The molecule has 0 aromatic heterocycles. The van der Waals surface area contributed by atoms with Crippen LogP contribution in [0.2, 0.25) is 0 Å². The number of carbonyl (C=O) groups excluding carboxylic acids is 4. The molecule has 1 heterocycles. The average molecular weight is 332 g/mol. The van der Waals surface area contributed by atoms with Gasteiger partial charge in [0.1, 0.15) is 18.8 Å². The van der Waals surface area contributed by atoms with Gasteiger partial charge in [0.25, 0.3) is 0 Å². The molecule has 1 saturated heterocycles. The Kier molecular flexibility index (Phi) is 6.95. The summed E-state index contributed by atoms with van der Waals surface area (Å²) < 4.78 is 25.5. The number of esters is 4. The molecule has 0 N–H and O–H groups in total. The zero-order valence-corrected chi connectivity index (χ0v) is 13.4. The van der Waals surface area contributed by atoms with Crippen molar-refractivity contribution in [3.63, 3.8) is 0 Å². The van der Waals surface area contributed by atoms with Crippen LogP contribution in [0, 0.1) is 0 Å². The van der Waals surface area contributed by atoms with Gasteiger partial charge in [-0.15, -0.1) is 0 Å². The maximum Gasteiger partial charge on any atom is 0.305 e. The molecule has 2 unspecified atom stereocenters. The third-order valence-electron chi connectivity index (χ3n) is 2.86. The van der Waals surface area contributed by atoms with Crippen LogP contribution in [0.4, 0.5) is 0 Å². The van der Waals surface area contributed by atoms with Crippen molar-refractivity contribution in [1.29, 1.82) is 0 Å². The molecular formula is C14H20O9. The van der Waals surface area contributed by atoms with Crippen molar-refractivity contribution in [1.82, 2.24) is 0 Å². The fourth-order valence-electron chi connectivity index (χ4n) is 2.11. The summed E-state index contributed by atoms with van der Waals surface area (Å²) in [6.07, 6.45) is -3.73. The van der Waals surface area contributed by atoms with E-state index in [0.29, 0.717) is 0 Å². The molecule has 0 amide bonds. The molecule has 9 heteroatoms. The fourth-order valence-corrected chi connectivity index (χ4v) is 2.11. The molecule has 9 nitrogen and oxygen atoms in total. The van der Waals surface area contributed by atoms with Crippen LogP contribution in [0.3, 0.4) is 0 Å². The van der Waals surface area contributed by atoms with Gasteiger partial charge in [-0.3, -0.25) is 19.2 Å². The first-order chi connectivity index (χ1) is 10.7. The van der Waals surface area contributed by atoms with E-state index in [9.17, 15) is 19.2 Å². The second-order valence-electron chi connectivity index (χ2n) is 4.99. The van der Waals surface area contributed by atoms with Crippen molar-refractivity contribution < 1.29 is 42.9 Å². The van der Waals surface area contributed by atoms with Crippen molar-refractivity contribution in [2.75, 3.05) is 6.61 Å². The van der Waals surface area contributed by atoms with E-state index in [1.165, 1.54) is 27.7 Å². The summed E-state index contributed by atoms with van der Waals surface area (Å²) in [5, 5.41) is 0. The quantitative estimate of drug-likeness (QED) is 0.510. The monoisotopic (exact) mass is 332 g/mol. The van der Waals surface area contributed by atoms with Crippen molar-refractivity contribution >= 4 is 23.9 Å². The maximum atomic E-state index is 11.2. The largest absolute Gasteiger partial charge is 0.463 e. The molecule has 1 fully saturated rings. The van der Waals surface area contributed by atoms with Crippen LogP contribution in [0.15, 0.2) is 0 Å². The van der Waals surface area contributed by atoms with Gasteiger partial charge in [0.05, 0.1) is 0 Å². The van der Waals surface area contributed by atoms with Gasteiger partial charge in [-0.05, 0) is 0 Å². The van der Waals surface area contributed by atoms with Gasteiger partial charge in [-0.25, -0.2) is 0 Å². The Morgan fingerprint density at radius 2 is 1.35 bits per heavy atom. The van der Waals surface area contributed by atoms with E-state index in [2.05, 4.69) is 0 Å². The smallest absolute Gasteiger partial charge is 0.305 e. The summed E-state index contributed by atoms with van der Waals surface area (Å²) in [6.45, 7) is 4.60. The van der Waals surface area contributed by atoms with E-state index in [-0.39, 0.29) is 13.0 Å². The Hall–Kier alpha value is -2.16. The first-order valence-electron chi connectivity index (χ1n) is 6.99. The third-order valence-corrected chi connectivity index (χ3v) is 2.86. The Labute approximate surface area is 133 Å². The third kappa shape index (κ3) is 6.64. The van der Waals surface area contributed by atoms with Crippen LogP contribution in [0.25, 0.3) is 0 Å². The van der Waals surface area contributed by atoms with Crippen molar-refractivity contribution in [2.24, 2.45) is 0 Å². The van der Waals surface area contributed by atoms with Gasteiger partial charge in [0, 0.05) is 34.1 Å². The highest BCUT2D eigenvalue weighted by Gasteiger charge is 2.43. The summed E-state index contributed by atoms with van der Waals surface area (Å²) in [4.78, 5) is 44.5. The molecule has 0 aromatic carbocycles. The standard InChI is InChI=1S/C14H20O9/c1-7(15)19-6-13-11(20-8(2)16)5-12(21-9(3)17)14(23-13)22-10(4)18/h11-14H,5-6H2,1-4H3/t11-,12-,13?,14?/m1/s1. The van der Waals surface area contributed by atoms with E-state index in [1.807, 2.05) is 0 Å². The molecule has 1 rings (SSSR count). The molecule has 0 radical (unpaired) electrons. The minimum Gasteiger partial charge on any atom is -0.463 e. The van der Waals surface area contributed by atoms with Crippen LogP contribution in [0.1, 0.15) is 34.1 Å². The SMILES string of the molecule is CC(=O)OCC1OC(OC(C)=O)[C@H](OC(C)=O)C[C@H]1OC(C)=O. The summed E-state index contributed by atoms with van der Waals surface area (Å²) in [7, 11) is 0. The number of hydrogen-bond acceptors (Lipinski definition) is 9. The minimum atomic E-state index is -1.18. The van der Waals surface area contributed by atoms with Gasteiger partial charge >= 0.3 is 23.9 Å². The molecule has 0 aliphatic carbocycles. The highest BCUT2D eigenvalue weighted by atomic mass is 16.7. The number of hydrogen-bond donors (Lipinski definition) is 0. The van der Waals surface area contributed by atoms with E-state index in [1.54, 1.807) is 0 Å². The highest BCUT2D eigenvalue weighted by molar-refractivity contribution is 5.68. The van der Waals surface area contributed by atoms with Gasteiger partial charge in [0.15, 0.2) is 6.10 Å². The first-order valence-corrected chi connectivity index (χ1v) is 6.99. The Morgan fingerprint density at radius 3 is 1.83 bits per heavy atom. The molecule has 23 heavy (non-hydrogen) atoms. The molecule has 0 aromatic rings. The molecule has 4 atom stereocenters. The van der Waals surface area contributed by atoms with Gasteiger partial charge in [-0.1, -0.05) is 0 Å². The zero-order valence-electron chi connectivity index (χ0n) is 13.4.